The maximum absolute atomic E-state index is 13.2. The van der Waals surface area contributed by atoms with E-state index in [1.807, 2.05) is 17.7 Å². The lowest BCUT2D eigenvalue weighted by Gasteiger charge is -2.24. The molecule has 0 aliphatic carbocycles. The predicted molar refractivity (Wildman–Crippen MR) is 112 cm³/mol. The molecule has 0 atom stereocenters. The van der Waals surface area contributed by atoms with Gasteiger partial charge in [-0.3, -0.25) is 9.10 Å². The van der Waals surface area contributed by atoms with Gasteiger partial charge in [-0.15, -0.1) is 0 Å². The molecule has 0 aliphatic rings. The monoisotopic (exact) mass is 412 g/mol. The molecule has 0 saturated carbocycles. The first-order chi connectivity index (χ1) is 14.0. The molecule has 0 bridgehead atoms. The third kappa shape index (κ3) is 5.45. The van der Waals surface area contributed by atoms with E-state index in [2.05, 4.69) is 10.3 Å². The minimum absolute atomic E-state index is 0.153. The van der Waals surface area contributed by atoms with Crippen molar-refractivity contribution in [1.82, 2.24) is 14.9 Å². The number of aryl methyl sites for hydroxylation is 2. The number of hydrogen-bond donors (Lipinski definition) is 1. The Bertz CT molecular complexity index is 1020. The SMILES string of the molecule is Cc1ccc(S(=O)(=O)N(CC(=O)NCCCn2ccnc2)c2ccccc2)cc1. The minimum Gasteiger partial charge on any atom is -0.354 e. The number of hydrogen-bond acceptors (Lipinski definition) is 4. The largest absolute Gasteiger partial charge is 0.354 e. The number of aromatic nitrogens is 2. The van der Waals surface area contributed by atoms with Crippen molar-refractivity contribution in [1.29, 1.82) is 0 Å². The van der Waals surface area contributed by atoms with E-state index >= 15 is 0 Å². The second kappa shape index (κ2) is 9.38. The van der Waals surface area contributed by atoms with E-state index in [9.17, 15) is 13.2 Å². The van der Waals surface area contributed by atoms with E-state index in [1.54, 1.807) is 67.1 Å². The van der Waals surface area contributed by atoms with Crippen molar-refractivity contribution < 1.29 is 13.2 Å². The highest BCUT2D eigenvalue weighted by atomic mass is 32.2. The average molecular weight is 413 g/mol. The van der Waals surface area contributed by atoms with Crippen LogP contribution in [0.5, 0.6) is 0 Å². The van der Waals surface area contributed by atoms with Gasteiger partial charge in [0, 0.05) is 25.5 Å². The smallest absolute Gasteiger partial charge is 0.264 e. The number of anilines is 1. The van der Waals surface area contributed by atoms with Crippen molar-refractivity contribution in [3.63, 3.8) is 0 Å². The molecule has 0 fully saturated rings. The summed E-state index contributed by atoms with van der Waals surface area (Å²) in [5.41, 5.74) is 1.41. The number of para-hydroxylation sites is 1. The molecule has 1 amide bonds. The molecule has 0 unspecified atom stereocenters. The molecule has 3 rings (SSSR count). The molecule has 0 aliphatic heterocycles. The number of nitrogens with zero attached hydrogens (tertiary/aromatic N) is 3. The number of sulfonamides is 1. The summed E-state index contributed by atoms with van der Waals surface area (Å²) in [6.45, 7) is 2.78. The number of benzene rings is 2. The van der Waals surface area contributed by atoms with Gasteiger partial charge in [0.1, 0.15) is 6.54 Å². The number of rotatable bonds is 9. The van der Waals surface area contributed by atoms with Crippen molar-refractivity contribution in [2.24, 2.45) is 0 Å². The van der Waals surface area contributed by atoms with Gasteiger partial charge < -0.3 is 9.88 Å². The van der Waals surface area contributed by atoms with Crippen molar-refractivity contribution in [2.45, 2.75) is 24.8 Å². The summed E-state index contributed by atoms with van der Waals surface area (Å²) in [7, 11) is -3.87. The van der Waals surface area contributed by atoms with Crippen molar-refractivity contribution in [2.75, 3.05) is 17.4 Å². The zero-order valence-corrected chi connectivity index (χ0v) is 17.0. The van der Waals surface area contributed by atoms with Crippen molar-refractivity contribution in [3.05, 3.63) is 78.9 Å². The average Bonchev–Trinajstić information content (AvgIpc) is 3.24. The number of nitrogens with one attached hydrogen (secondary N) is 1. The van der Waals surface area contributed by atoms with Crippen LogP contribution in [0.1, 0.15) is 12.0 Å². The zero-order valence-electron chi connectivity index (χ0n) is 16.2. The zero-order chi connectivity index (χ0) is 20.7. The van der Waals surface area contributed by atoms with E-state index in [0.29, 0.717) is 12.2 Å². The van der Waals surface area contributed by atoms with Gasteiger partial charge in [-0.05, 0) is 37.6 Å². The summed E-state index contributed by atoms with van der Waals surface area (Å²) in [4.78, 5) is 16.6. The molecule has 1 N–H and O–H groups in total. The molecule has 1 aromatic heterocycles. The molecule has 0 saturated heterocycles. The molecule has 3 aromatic rings. The van der Waals surface area contributed by atoms with Gasteiger partial charge in [0.2, 0.25) is 5.91 Å². The fraction of sp³-hybridized carbons (Fsp3) is 0.238. The summed E-state index contributed by atoms with van der Waals surface area (Å²) in [6, 6.07) is 15.3. The van der Waals surface area contributed by atoms with Gasteiger partial charge in [0.25, 0.3) is 10.0 Å². The van der Waals surface area contributed by atoms with Gasteiger partial charge in [0.05, 0.1) is 16.9 Å². The molecule has 0 radical (unpaired) electrons. The lowest BCUT2D eigenvalue weighted by atomic mass is 10.2. The lowest BCUT2D eigenvalue weighted by Crippen LogP contribution is -2.41. The predicted octanol–water partition coefficient (Wildman–Crippen LogP) is 2.59. The quantitative estimate of drug-likeness (QED) is 0.548. The summed E-state index contributed by atoms with van der Waals surface area (Å²) in [5.74, 6) is -0.352. The second-order valence-electron chi connectivity index (χ2n) is 6.66. The van der Waals surface area contributed by atoms with Crippen molar-refractivity contribution in [3.8, 4) is 0 Å². The third-order valence-electron chi connectivity index (χ3n) is 4.41. The molecule has 152 valence electrons. The minimum atomic E-state index is -3.87. The van der Waals surface area contributed by atoms with Gasteiger partial charge in [-0.2, -0.15) is 0 Å². The Morgan fingerprint density at radius 1 is 1.10 bits per heavy atom. The number of imidazole rings is 1. The Morgan fingerprint density at radius 3 is 2.48 bits per heavy atom. The molecular formula is C21H24N4O3S. The van der Waals surface area contributed by atoms with Crippen molar-refractivity contribution >= 4 is 21.6 Å². The van der Waals surface area contributed by atoms with E-state index in [1.165, 1.54) is 0 Å². The standard InChI is InChI=1S/C21H24N4O3S/c1-18-8-10-20(11-9-18)29(27,28)25(19-6-3-2-4-7-19)16-21(26)23-12-5-14-24-15-13-22-17-24/h2-4,6-11,13,15,17H,5,12,14,16H2,1H3,(H,23,26). The van der Waals surface area contributed by atoms with Crippen LogP contribution in [0.15, 0.2) is 78.2 Å². The lowest BCUT2D eigenvalue weighted by molar-refractivity contribution is -0.119. The maximum atomic E-state index is 13.2. The van der Waals surface area contributed by atoms with Crippen LogP contribution in [0, 0.1) is 6.92 Å². The highest BCUT2D eigenvalue weighted by molar-refractivity contribution is 7.92. The molecule has 7 nitrogen and oxygen atoms in total. The third-order valence-corrected chi connectivity index (χ3v) is 6.20. The van der Waals surface area contributed by atoms with E-state index < -0.39 is 10.0 Å². The Balaban J connectivity index is 1.70. The van der Waals surface area contributed by atoms with E-state index in [4.69, 9.17) is 0 Å². The van der Waals surface area contributed by atoms with Gasteiger partial charge in [-0.1, -0.05) is 35.9 Å². The maximum Gasteiger partial charge on any atom is 0.264 e. The first-order valence-electron chi connectivity index (χ1n) is 9.34. The Labute approximate surface area is 171 Å². The number of carbonyl (C=O) groups is 1. The highest BCUT2D eigenvalue weighted by Gasteiger charge is 2.26. The van der Waals surface area contributed by atoms with Gasteiger partial charge in [-0.25, -0.2) is 13.4 Å². The van der Waals surface area contributed by atoms with Crippen LogP contribution >= 0.6 is 0 Å². The van der Waals surface area contributed by atoms with Crippen LogP contribution in [-0.4, -0.2) is 37.0 Å². The van der Waals surface area contributed by atoms with E-state index in [0.717, 1.165) is 22.8 Å². The summed E-state index contributed by atoms with van der Waals surface area (Å²) in [6.07, 6.45) is 5.99. The van der Waals surface area contributed by atoms with Crippen LogP contribution in [0.2, 0.25) is 0 Å². The van der Waals surface area contributed by atoms with Crippen LogP contribution in [0.4, 0.5) is 5.69 Å². The fourth-order valence-corrected chi connectivity index (χ4v) is 4.26. The molecule has 0 spiro atoms. The van der Waals surface area contributed by atoms with Crippen LogP contribution in [0.25, 0.3) is 0 Å². The van der Waals surface area contributed by atoms with Gasteiger partial charge >= 0.3 is 0 Å². The summed E-state index contributed by atoms with van der Waals surface area (Å²) < 4.78 is 29.5. The normalized spacial score (nSPS) is 11.2. The van der Waals surface area contributed by atoms with Gasteiger partial charge in [0.15, 0.2) is 0 Å². The number of amides is 1. The first-order valence-corrected chi connectivity index (χ1v) is 10.8. The Morgan fingerprint density at radius 2 is 1.83 bits per heavy atom. The topological polar surface area (TPSA) is 84.3 Å². The second-order valence-corrected chi connectivity index (χ2v) is 8.53. The molecule has 29 heavy (non-hydrogen) atoms. The van der Waals surface area contributed by atoms with Crippen LogP contribution in [-0.2, 0) is 21.4 Å². The first kappa shape index (κ1) is 20.6. The Kier molecular flexibility index (Phi) is 6.66. The molecular weight excluding hydrogens is 388 g/mol. The summed E-state index contributed by atoms with van der Waals surface area (Å²) >= 11 is 0. The highest BCUT2D eigenvalue weighted by Crippen LogP contribution is 2.23. The summed E-state index contributed by atoms with van der Waals surface area (Å²) in [5, 5.41) is 2.80. The molecule has 8 heteroatoms. The Hall–Kier alpha value is -3.13. The van der Waals surface area contributed by atoms with Crippen LogP contribution in [0.3, 0.4) is 0 Å². The fourth-order valence-electron chi connectivity index (χ4n) is 2.84. The number of carbonyl (C=O) groups excluding carboxylic acids is 1. The van der Waals surface area contributed by atoms with Crippen LogP contribution < -0.4 is 9.62 Å². The molecule has 1 heterocycles. The molecule has 2 aromatic carbocycles. The van der Waals surface area contributed by atoms with E-state index in [-0.39, 0.29) is 17.3 Å².